The number of rotatable bonds is 7. The van der Waals surface area contributed by atoms with Crippen molar-refractivity contribution in [2.24, 2.45) is 18.9 Å². The second-order valence-corrected chi connectivity index (χ2v) is 6.25. The average Bonchev–Trinajstić information content (AvgIpc) is 2.89. The second-order valence-electron chi connectivity index (χ2n) is 6.25. The molecule has 1 aliphatic rings. The molecule has 0 aromatic carbocycles. The summed E-state index contributed by atoms with van der Waals surface area (Å²) in [5.74, 6) is 2.88. The summed E-state index contributed by atoms with van der Waals surface area (Å²) in [5.41, 5.74) is 0. The standard InChI is InChI=1S/C16H30N4/c1-4-10-17-15(11-16-18-12-19-20(16)3)14-8-6-13(5-2)7-9-14/h12-15,17H,4-11H2,1-3H3. The van der Waals surface area contributed by atoms with Gasteiger partial charge in [-0.1, -0.05) is 33.1 Å². The summed E-state index contributed by atoms with van der Waals surface area (Å²) in [4.78, 5) is 4.40. The number of aryl methyl sites for hydroxylation is 1. The van der Waals surface area contributed by atoms with E-state index in [1.54, 1.807) is 6.33 Å². The molecule has 1 fully saturated rings. The molecule has 0 bridgehead atoms. The van der Waals surface area contributed by atoms with Crippen molar-refractivity contribution in [2.75, 3.05) is 6.54 Å². The Labute approximate surface area is 123 Å². The van der Waals surface area contributed by atoms with Crippen LogP contribution in [0.5, 0.6) is 0 Å². The fourth-order valence-corrected chi connectivity index (χ4v) is 3.44. The third-order valence-electron chi connectivity index (χ3n) is 4.90. The molecule has 1 aliphatic carbocycles. The van der Waals surface area contributed by atoms with Crippen LogP contribution < -0.4 is 5.32 Å². The van der Waals surface area contributed by atoms with Crippen LogP contribution in [0.2, 0.25) is 0 Å². The van der Waals surface area contributed by atoms with E-state index in [2.05, 4.69) is 29.2 Å². The Kier molecular flexibility index (Phi) is 6.02. The molecule has 20 heavy (non-hydrogen) atoms. The lowest BCUT2D eigenvalue weighted by molar-refractivity contribution is 0.214. The first kappa shape index (κ1) is 15.5. The molecule has 2 rings (SSSR count). The van der Waals surface area contributed by atoms with Gasteiger partial charge in [0.15, 0.2) is 0 Å². The third kappa shape index (κ3) is 4.05. The van der Waals surface area contributed by atoms with Crippen LogP contribution in [0.15, 0.2) is 6.33 Å². The summed E-state index contributed by atoms with van der Waals surface area (Å²) < 4.78 is 1.91. The number of nitrogens with zero attached hydrogens (tertiary/aromatic N) is 3. The summed E-state index contributed by atoms with van der Waals surface area (Å²) in [6.45, 7) is 5.67. The highest BCUT2D eigenvalue weighted by molar-refractivity contribution is 4.93. The van der Waals surface area contributed by atoms with Crippen LogP contribution >= 0.6 is 0 Å². The molecular formula is C16H30N4. The van der Waals surface area contributed by atoms with E-state index >= 15 is 0 Å². The number of aromatic nitrogens is 3. The maximum Gasteiger partial charge on any atom is 0.138 e. The van der Waals surface area contributed by atoms with E-state index in [4.69, 9.17) is 0 Å². The summed E-state index contributed by atoms with van der Waals surface area (Å²) >= 11 is 0. The normalized spacial score (nSPS) is 24.8. The topological polar surface area (TPSA) is 42.7 Å². The van der Waals surface area contributed by atoms with Gasteiger partial charge < -0.3 is 5.32 Å². The highest BCUT2D eigenvalue weighted by Gasteiger charge is 2.27. The van der Waals surface area contributed by atoms with Crippen molar-refractivity contribution in [2.45, 2.75) is 64.8 Å². The molecule has 114 valence electrons. The van der Waals surface area contributed by atoms with Gasteiger partial charge in [-0.2, -0.15) is 5.10 Å². The van der Waals surface area contributed by atoms with Gasteiger partial charge in [0.2, 0.25) is 0 Å². The van der Waals surface area contributed by atoms with Gasteiger partial charge in [0.05, 0.1) is 0 Å². The van der Waals surface area contributed by atoms with E-state index in [1.807, 2.05) is 11.7 Å². The Morgan fingerprint density at radius 1 is 1.30 bits per heavy atom. The largest absolute Gasteiger partial charge is 0.313 e. The maximum atomic E-state index is 4.40. The van der Waals surface area contributed by atoms with Crippen molar-refractivity contribution >= 4 is 0 Å². The van der Waals surface area contributed by atoms with Gasteiger partial charge in [-0.05, 0) is 37.6 Å². The van der Waals surface area contributed by atoms with E-state index in [0.717, 1.165) is 30.6 Å². The number of hydrogen-bond donors (Lipinski definition) is 1. The summed E-state index contributed by atoms with van der Waals surface area (Å²) in [7, 11) is 1.99. The lowest BCUT2D eigenvalue weighted by Gasteiger charge is -2.34. The molecule has 1 atom stereocenters. The quantitative estimate of drug-likeness (QED) is 0.834. The molecule has 1 saturated carbocycles. The van der Waals surface area contributed by atoms with Crippen molar-refractivity contribution in [3.63, 3.8) is 0 Å². The Morgan fingerprint density at radius 3 is 2.60 bits per heavy atom. The SMILES string of the molecule is CCCNC(Cc1ncnn1C)C1CCC(CC)CC1. The molecule has 0 amide bonds. The van der Waals surface area contributed by atoms with Gasteiger partial charge in [0.25, 0.3) is 0 Å². The minimum Gasteiger partial charge on any atom is -0.313 e. The Hall–Kier alpha value is -0.900. The zero-order valence-corrected chi connectivity index (χ0v) is 13.3. The zero-order chi connectivity index (χ0) is 14.4. The van der Waals surface area contributed by atoms with Crippen molar-refractivity contribution in [3.8, 4) is 0 Å². The zero-order valence-electron chi connectivity index (χ0n) is 13.3. The van der Waals surface area contributed by atoms with Gasteiger partial charge in [0.1, 0.15) is 12.2 Å². The smallest absolute Gasteiger partial charge is 0.138 e. The fourth-order valence-electron chi connectivity index (χ4n) is 3.44. The lowest BCUT2D eigenvalue weighted by atomic mass is 9.77. The Balaban J connectivity index is 1.95. The molecule has 0 saturated heterocycles. The summed E-state index contributed by atoms with van der Waals surface area (Å²) in [6, 6.07) is 0.565. The maximum absolute atomic E-state index is 4.40. The van der Waals surface area contributed by atoms with Gasteiger partial charge in [-0.3, -0.25) is 4.68 Å². The molecule has 0 aliphatic heterocycles. The first-order valence-electron chi connectivity index (χ1n) is 8.30. The highest BCUT2D eigenvalue weighted by atomic mass is 15.3. The van der Waals surface area contributed by atoms with Crippen LogP contribution in [0.4, 0.5) is 0 Å². The molecule has 1 N–H and O–H groups in total. The predicted octanol–water partition coefficient (Wildman–Crippen LogP) is 2.94. The van der Waals surface area contributed by atoms with E-state index in [1.165, 1.54) is 38.5 Å². The summed E-state index contributed by atoms with van der Waals surface area (Å²) in [5, 5.41) is 7.95. The second kappa shape index (κ2) is 7.77. The average molecular weight is 278 g/mol. The minimum atomic E-state index is 0.565. The van der Waals surface area contributed by atoms with Gasteiger partial charge in [0, 0.05) is 19.5 Å². The fraction of sp³-hybridized carbons (Fsp3) is 0.875. The third-order valence-corrected chi connectivity index (χ3v) is 4.90. The van der Waals surface area contributed by atoms with E-state index in [0.29, 0.717) is 6.04 Å². The molecule has 4 nitrogen and oxygen atoms in total. The molecule has 0 radical (unpaired) electrons. The molecule has 0 spiro atoms. The molecule has 1 unspecified atom stereocenters. The Bertz CT molecular complexity index is 380. The highest BCUT2D eigenvalue weighted by Crippen LogP contribution is 2.33. The van der Waals surface area contributed by atoms with Crippen molar-refractivity contribution in [3.05, 3.63) is 12.2 Å². The molecule has 1 aromatic rings. The summed E-state index contributed by atoms with van der Waals surface area (Å²) in [6.07, 6.45) is 10.8. The number of hydrogen-bond acceptors (Lipinski definition) is 3. The van der Waals surface area contributed by atoms with Crippen LogP contribution in [0.25, 0.3) is 0 Å². The molecule has 1 aromatic heterocycles. The van der Waals surface area contributed by atoms with E-state index in [9.17, 15) is 0 Å². The monoisotopic (exact) mass is 278 g/mol. The van der Waals surface area contributed by atoms with Crippen LogP contribution in [0.1, 0.15) is 58.2 Å². The van der Waals surface area contributed by atoms with E-state index in [-0.39, 0.29) is 0 Å². The van der Waals surface area contributed by atoms with Crippen molar-refractivity contribution < 1.29 is 0 Å². The van der Waals surface area contributed by atoms with Gasteiger partial charge in [-0.25, -0.2) is 4.98 Å². The lowest BCUT2D eigenvalue weighted by Crippen LogP contribution is -2.40. The molecule has 4 heteroatoms. The Morgan fingerprint density at radius 2 is 2.05 bits per heavy atom. The van der Waals surface area contributed by atoms with E-state index < -0.39 is 0 Å². The van der Waals surface area contributed by atoms with Crippen molar-refractivity contribution in [1.82, 2.24) is 20.1 Å². The van der Waals surface area contributed by atoms with Crippen LogP contribution in [-0.4, -0.2) is 27.4 Å². The predicted molar refractivity (Wildman–Crippen MR) is 82.5 cm³/mol. The van der Waals surface area contributed by atoms with Crippen LogP contribution in [0.3, 0.4) is 0 Å². The van der Waals surface area contributed by atoms with Crippen LogP contribution in [0, 0.1) is 11.8 Å². The molecular weight excluding hydrogens is 248 g/mol. The van der Waals surface area contributed by atoms with Crippen LogP contribution in [-0.2, 0) is 13.5 Å². The van der Waals surface area contributed by atoms with Crippen molar-refractivity contribution in [1.29, 1.82) is 0 Å². The first-order valence-corrected chi connectivity index (χ1v) is 8.30. The number of nitrogens with one attached hydrogen (secondary N) is 1. The first-order chi connectivity index (χ1) is 9.74. The molecule has 1 heterocycles. The minimum absolute atomic E-state index is 0.565. The van der Waals surface area contributed by atoms with Gasteiger partial charge in [-0.15, -0.1) is 0 Å². The van der Waals surface area contributed by atoms with Gasteiger partial charge >= 0.3 is 0 Å².